The Kier molecular flexibility index (Phi) is 4.90. The second-order valence-electron chi connectivity index (χ2n) is 6.14. The second kappa shape index (κ2) is 7.11. The van der Waals surface area contributed by atoms with E-state index in [-0.39, 0.29) is 12.0 Å². The molecule has 0 aliphatic carbocycles. The van der Waals surface area contributed by atoms with Gasteiger partial charge in [0.15, 0.2) is 0 Å². The molecule has 1 aliphatic heterocycles. The average Bonchev–Trinajstić information content (AvgIpc) is 2.95. The van der Waals surface area contributed by atoms with E-state index in [1.807, 2.05) is 30.3 Å². The first kappa shape index (κ1) is 17.2. The molecule has 132 valence electrons. The summed E-state index contributed by atoms with van der Waals surface area (Å²) in [6.07, 6.45) is -0.143. The van der Waals surface area contributed by atoms with E-state index < -0.39 is 5.97 Å². The van der Waals surface area contributed by atoms with Gasteiger partial charge in [0.05, 0.1) is 25.8 Å². The number of methoxy groups -OCH3 is 1. The van der Waals surface area contributed by atoms with E-state index in [0.29, 0.717) is 42.2 Å². The highest BCUT2D eigenvalue weighted by atomic mass is 16.5. The van der Waals surface area contributed by atoms with Crippen molar-refractivity contribution in [3.63, 3.8) is 0 Å². The van der Waals surface area contributed by atoms with Gasteiger partial charge in [-0.2, -0.15) is 0 Å². The highest BCUT2D eigenvalue weighted by Crippen LogP contribution is 2.25. The highest BCUT2D eigenvalue weighted by Gasteiger charge is 2.30. The summed E-state index contributed by atoms with van der Waals surface area (Å²) < 4.78 is 10.6. The fourth-order valence-electron chi connectivity index (χ4n) is 3.23. The number of aryl methyl sites for hydroxylation is 1. The molecule has 1 fully saturated rings. The maximum atomic E-state index is 13.0. The molecule has 3 rings (SSSR count). The molecule has 1 N–H and O–H groups in total. The number of aromatic nitrogens is 1. The van der Waals surface area contributed by atoms with E-state index in [1.54, 1.807) is 18.7 Å². The Hall–Kier alpha value is -2.60. The summed E-state index contributed by atoms with van der Waals surface area (Å²) in [7, 11) is 1.34. The lowest BCUT2D eigenvalue weighted by Crippen LogP contribution is -2.42. The molecule has 1 amide bonds. The Morgan fingerprint density at radius 1 is 1.24 bits per heavy atom. The predicted molar refractivity (Wildman–Crippen MR) is 92.6 cm³/mol. The monoisotopic (exact) mass is 342 g/mol. The molecule has 1 atom stereocenters. The number of hydrogen-bond donors (Lipinski definition) is 1. The first-order valence-corrected chi connectivity index (χ1v) is 8.26. The Balaban J connectivity index is 1.82. The van der Waals surface area contributed by atoms with Crippen molar-refractivity contribution in [1.82, 2.24) is 9.88 Å². The van der Waals surface area contributed by atoms with Crippen LogP contribution in [-0.2, 0) is 9.47 Å². The number of nitrogens with one attached hydrogen (secondary N) is 1. The standard InChI is InChI=1S/C19H22N2O4/c1-12-16(19(23)24-3)13(2)20-17(12)18(22)21-9-10-25-15(11-21)14-7-5-4-6-8-14/h4-8,15,20H,9-11H2,1-3H3. The van der Waals surface area contributed by atoms with Crippen LogP contribution in [0.1, 0.15) is 43.8 Å². The molecule has 0 saturated carbocycles. The number of ether oxygens (including phenoxy) is 2. The van der Waals surface area contributed by atoms with Crippen molar-refractivity contribution >= 4 is 11.9 Å². The molecule has 1 saturated heterocycles. The molecule has 0 bridgehead atoms. The molecule has 2 heterocycles. The number of rotatable bonds is 3. The van der Waals surface area contributed by atoms with Gasteiger partial charge in [-0.3, -0.25) is 4.79 Å². The van der Waals surface area contributed by atoms with Crippen molar-refractivity contribution in [2.75, 3.05) is 26.8 Å². The van der Waals surface area contributed by atoms with Crippen LogP contribution in [0.25, 0.3) is 0 Å². The van der Waals surface area contributed by atoms with Crippen molar-refractivity contribution < 1.29 is 19.1 Å². The molecule has 1 aromatic carbocycles. The third-order valence-corrected chi connectivity index (χ3v) is 4.57. The van der Waals surface area contributed by atoms with Gasteiger partial charge in [0.2, 0.25) is 0 Å². The lowest BCUT2D eigenvalue weighted by atomic mass is 10.1. The Bertz CT molecular complexity index is 782. The summed E-state index contributed by atoms with van der Waals surface area (Å²) in [5.74, 6) is -0.561. The van der Waals surface area contributed by atoms with E-state index in [0.717, 1.165) is 5.56 Å². The van der Waals surface area contributed by atoms with Crippen molar-refractivity contribution in [3.8, 4) is 0 Å². The van der Waals surface area contributed by atoms with Gasteiger partial charge in [-0.25, -0.2) is 4.79 Å². The van der Waals surface area contributed by atoms with E-state index >= 15 is 0 Å². The zero-order chi connectivity index (χ0) is 18.0. The average molecular weight is 342 g/mol. The van der Waals surface area contributed by atoms with Crippen LogP contribution in [0.4, 0.5) is 0 Å². The molecule has 1 unspecified atom stereocenters. The molecular weight excluding hydrogens is 320 g/mol. The molecule has 25 heavy (non-hydrogen) atoms. The third-order valence-electron chi connectivity index (χ3n) is 4.57. The number of carbonyl (C=O) groups is 2. The number of hydrogen-bond acceptors (Lipinski definition) is 4. The van der Waals surface area contributed by atoms with Gasteiger partial charge in [0.1, 0.15) is 11.8 Å². The maximum absolute atomic E-state index is 13.0. The lowest BCUT2D eigenvalue weighted by Gasteiger charge is -2.33. The van der Waals surface area contributed by atoms with Gasteiger partial charge in [0, 0.05) is 12.2 Å². The van der Waals surface area contributed by atoms with Crippen LogP contribution < -0.4 is 0 Å². The van der Waals surface area contributed by atoms with Crippen molar-refractivity contribution in [2.45, 2.75) is 20.0 Å². The highest BCUT2D eigenvalue weighted by molar-refractivity contribution is 6.00. The van der Waals surface area contributed by atoms with Crippen LogP contribution in [0.15, 0.2) is 30.3 Å². The zero-order valence-corrected chi connectivity index (χ0v) is 14.7. The lowest BCUT2D eigenvalue weighted by molar-refractivity contribution is -0.0230. The normalized spacial score (nSPS) is 17.4. The van der Waals surface area contributed by atoms with E-state index in [9.17, 15) is 9.59 Å². The predicted octanol–water partition coefficient (Wildman–Crippen LogP) is 2.63. The Morgan fingerprint density at radius 3 is 2.64 bits per heavy atom. The van der Waals surface area contributed by atoms with Crippen LogP contribution in [0.3, 0.4) is 0 Å². The quantitative estimate of drug-likeness (QED) is 0.871. The molecule has 6 nitrogen and oxygen atoms in total. The van der Waals surface area contributed by atoms with Crippen LogP contribution in [0, 0.1) is 13.8 Å². The van der Waals surface area contributed by atoms with Crippen molar-refractivity contribution in [1.29, 1.82) is 0 Å². The number of nitrogens with zero attached hydrogens (tertiary/aromatic N) is 1. The zero-order valence-electron chi connectivity index (χ0n) is 14.7. The number of amides is 1. The van der Waals surface area contributed by atoms with Gasteiger partial charge in [-0.15, -0.1) is 0 Å². The van der Waals surface area contributed by atoms with Crippen molar-refractivity contribution in [2.24, 2.45) is 0 Å². The number of aromatic amines is 1. The van der Waals surface area contributed by atoms with E-state index in [4.69, 9.17) is 9.47 Å². The van der Waals surface area contributed by atoms with Gasteiger partial charge in [-0.05, 0) is 25.0 Å². The minimum atomic E-state index is -0.436. The minimum absolute atomic E-state index is 0.125. The SMILES string of the molecule is COC(=O)c1c(C)[nH]c(C(=O)N2CCOC(c3ccccc3)C2)c1C. The van der Waals surface area contributed by atoms with E-state index in [1.165, 1.54) is 7.11 Å². The summed E-state index contributed by atoms with van der Waals surface area (Å²) in [5, 5.41) is 0. The topological polar surface area (TPSA) is 71.6 Å². The van der Waals surface area contributed by atoms with E-state index in [2.05, 4.69) is 4.98 Å². The molecule has 2 aromatic rings. The number of H-pyrrole nitrogens is 1. The molecular formula is C19H22N2O4. The number of morpholine rings is 1. The second-order valence-corrected chi connectivity index (χ2v) is 6.14. The summed E-state index contributed by atoms with van der Waals surface area (Å²) >= 11 is 0. The number of esters is 1. The first-order valence-electron chi connectivity index (χ1n) is 8.26. The summed E-state index contributed by atoms with van der Waals surface area (Å²) in [5.41, 5.74) is 3.18. The minimum Gasteiger partial charge on any atom is -0.465 e. The number of carbonyl (C=O) groups excluding carboxylic acids is 2. The summed E-state index contributed by atoms with van der Waals surface area (Å²) in [6, 6.07) is 9.87. The summed E-state index contributed by atoms with van der Waals surface area (Å²) in [6.45, 7) is 5.01. The largest absolute Gasteiger partial charge is 0.465 e. The summed E-state index contributed by atoms with van der Waals surface area (Å²) in [4.78, 5) is 29.7. The Labute approximate surface area is 146 Å². The fourth-order valence-corrected chi connectivity index (χ4v) is 3.23. The van der Waals surface area contributed by atoms with Gasteiger partial charge < -0.3 is 19.4 Å². The first-order chi connectivity index (χ1) is 12.0. The van der Waals surface area contributed by atoms with Crippen LogP contribution in [-0.4, -0.2) is 48.6 Å². The van der Waals surface area contributed by atoms with Crippen LogP contribution in [0.5, 0.6) is 0 Å². The van der Waals surface area contributed by atoms with Crippen LogP contribution in [0.2, 0.25) is 0 Å². The van der Waals surface area contributed by atoms with Gasteiger partial charge in [-0.1, -0.05) is 30.3 Å². The van der Waals surface area contributed by atoms with Gasteiger partial charge >= 0.3 is 5.97 Å². The number of benzene rings is 1. The maximum Gasteiger partial charge on any atom is 0.339 e. The van der Waals surface area contributed by atoms with Crippen LogP contribution >= 0.6 is 0 Å². The Morgan fingerprint density at radius 2 is 1.96 bits per heavy atom. The fraction of sp³-hybridized carbons (Fsp3) is 0.368. The molecule has 6 heteroatoms. The van der Waals surface area contributed by atoms with Gasteiger partial charge in [0.25, 0.3) is 5.91 Å². The third kappa shape index (κ3) is 3.30. The molecule has 0 spiro atoms. The molecule has 1 aromatic heterocycles. The molecule has 0 radical (unpaired) electrons. The van der Waals surface area contributed by atoms with Crippen molar-refractivity contribution in [3.05, 3.63) is 58.4 Å². The molecule has 1 aliphatic rings. The smallest absolute Gasteiger partial charge is 0.339 e.